The van der Waals surface area contributed by atoms with Crippen molar-refractivity contribution in [1.82, 2.24) is 15.1 Å². The van der Waals surface area contributed by atoms with Crippen molar-refractivity contribution in [3.8, 4) is 5.75 Å². The van der Waals surface area contributed by atoms with E-state index < -0.39 is 0 Å². The van der Waals surface area contributed by atoms with E-state index in [0.717, 1.165) is 23.4 Å². The number of carbonyl (C=O) groups excluding carboxylic acids is 1. The Bertz CT molecular complexity index is 689. The number of hydrogen-bond acceptors (Lipinski definition) is 3. The van der Waals surface area contributed by atoms with Gasteiger partial charge in [-0.2, -0.15) is 5.10 Å². The summed E-state index contributed by atoms with van der Waals surface area (Å²) in [7, 11) is 0. The molecular formula is C18H23N3O2. The first-order valence-electron chi connectivity index (χ1n) is 8.13. The summed E-state index contributed by atoms with van der Waals surface area (Å²) in [6.07, 6.45) is 5.49. The first-order chi connectivity index (χ1) is 11.1. The predicted octanol–water partition coefficient (Wildman–Crippen LogP) is 3.07. The third-order valence-electron chi connectivity index (χ3n) is 4.35. The molecule has 1 saturated carbocycles. The Balaban J connectivity index is 1.54. The summed E-state index contributed by atoms with van der Waals surface area (Å²) in [4.78, 5) is 12.0. The summed E-state index contributed by atoms with van der Waals surface area (Å²) in [6.45, 7) is 5.09. The van der Waals surface area contributed by atoms with E-state index in [1.54, 1.807) is 16.9 Å². The molecule has 1 heterocycles. The summed E-state index contributed by atoms with van der Waals surface area (Å²) in [5.41, 5.74) is 2.68. The summed E-state index contributed by atoms with van der Waals surface area (Å²) in [5.74, 6) is 1.38. The molecule has 0 aliphatic heterocycles. The highest BCUT2D eigenvalue weighted by Gasteiger charge is 2.19. The normalized spacial score (nSPS) is 14.3. The van der Waals surface area contributed by atoms with Crippen molar-refractivity contribution in [2.75, 3.05) is 6.54 Å². The molecular weight excluding hydrogens is 290 g/mol. The van der Waals surface area contributed by atoms with E-state index in [1.807, 2.05) is 26.0 Å². The first kappa shape index (κ1) is 15.6. The lowest BCUT2D eigenvalue weighted by molar-refractivity contribution is 0.0932. The van der Waals surface area contributed by atoms with Gasteiger partial charge in [0.2, 0.25) is 0 Å². The topological polar surface area (TPSA) is 56.1 Å². The maximum absolute atomic E-state index is 12.0. The highest BCUT2D eigenvalue weighted by molar-refractivity contribution is 5.92. The van der Waals surface area contributed by atoms with Crippen LogP contribution in [0.1, 0.15) is 40.9 Å². The summed E-state index contributed by atoms with van der Waals surface area (Å²) >= 11 is 0. The molecule has 0 spiro atoms. The molecule has 1 aliphatic rings. The standard InChI is InChI=1S/C18H23N3O2/c1-13-6-7-14(2)17(10-13)23-12-21-9-8-16(20-21)18(22)19-11-15-4-3-5-15/h6-10,15H,3-5,11-12H2,1-2H3,(H,19,22). The third kappa shape index (κ3) is 3.92. The third-order valence-corrected chi connectivity index (χ3v) is 4.35. The van der Waals surface area contributed by atoms with Gasteiger partial charge in [-0.3, -0.25) is 4.79 Å². The monoisotopic (exact) mass is 313 g/mol. The molecule has 0 saturated heterocycles. The smallest absolute Gasteiger partial charge is 0.271 e. The Labute approximate surface area is 136 Å². The summed E-state index contributed by atoms with van der Waals surface area (Å²) in [6, 6.07) is 7.82. The van der Waals surface area contributed by atoms with Gasteiger partial charge in [-0.15, -0.1) is 0 Å². The molecule has 0 unspecified atom stereocenters. The van der Waals surface area contributed by atoms with Gasteiger partial charge in [-0.05, 0) is 55.9 Å². The van der Waals surface area contributed by atoms with Crippen LogP contribution in [0, 0.1) is 19.8 Å². The van der Waals surface area contributed by atoms with Gasteiger partial charge in [0.25, 0.3) is 5.91 Å². The number of amides is 1. The predicted molar refractivity (Wildman–Crippen MR) is 88.4 cm³/mol. The maximum atomic E-state index is 12.0. The van der Waals surface area contributed by atoms with Crippen molar-refractivity contribution in [2.45, 2.75) is 39.8 Å². The van der Waals surface area contributed by atoms with Gasteiger partial charge < -0.3 is 10.1 Å². The Morgan fingerprint density at radius 2 is 2.17 bits per heavy atom. The molecule has 1 aromatic carbocycles. The second-order valence-electron chi connectivity index (χ2n) is 6.29. The van der Waals surface area contributed by atoms with Crippen LogP contribution >= 0.6 is 0 Å². The number of nitrogens with zero attached hydrogens (tertiary/aromatic N) is 2. The average Bonchev–Trinajstić information content (AvgIpc) is 2.95. The van der Waals surface area contributed by atoms with Crippen molar-refractivity contribution in [3.63, 3.8) is 0 Å². The molecule has 0 bridgehead atoms. The van der Waals surface area contributed by atoms with Crippen LogP contribution in [-0.4, -0.2) is 22.2 Å². The van der Waals surface area contributed by atoms with Crippen LogP contribution in [-0.2, 0) is 6.73 Å². The molecule has 5 heteroatoms. The Morgan fingerprint density at radius 1 is 1.35 bits per heavy atom. The fraction of sp³-hybridized carbons (Fsp3) is 0.444. The number of rotatable bonds is 6. The number of nitrogens with one attached hydrogen (secondary N) is 1. The minimum absolute atomic E-state index is 0.109. The van der Waals surface area contributed by atoms with Crippen LogP contribution in [0.25, 0.3) is 0 Å². The second kappa shape index (κ2) is 6.86. The van der Waals surface area contributed by atoms with Gasteiger partial charge in [-0.25, -0.2) is 4.68 Å². The number of ether oxygens (including phenoxy) is 1. The van der Waals surface area contributed by atoms with Gasteiger partial charge in [0, 0.05) is 12.7 Å². The van der Waals surface area contributed by atoms with E-state index >= 15 is 0 Å². The molecule has 2 aromatic rings. The van der Waals surface area contributed by atoms with E-state index in [2.05, 4.69) is 16.5 Å². The minimum Gasteiger partial charge on any atom is -0.471 e. The lowest BCUT2D eigenvalue weighted by atomic mass is 9.85. The Kier molecular flexibility index (Phi) is 4.65. The van der Waals surface area contributed by atoms with Crippen LogP contribution in [0.5, 0.6) is 5.75 Å². The van der Waals surface area contributed by atoms with E-state index in [9.17, 15) is 4.79 Å². The molecule has 23 heavy (non-hydrogen) atoms. The number of hydrogen-bond donors (Lipinski definition) is 1. The minimum atomic E-state index is -0.109. The molecule has 1 N–H and O–H groups in total. The lowest BCUT2D eigenvalue weighted by Crippen LogP contribution is -2.32. The molecule has 1 aliphatic carbocycles. The number of aromatic nitrogens is 2. The largest absolute Gasteiger partial charge is 0.471 e. The van der Waals surface area contributed by atoms with E-state index in [1.165, 1.54) is 19.3 Å². The highest BCUT2D eigenvalue weighted by atomic mass is 16.5. The van der Waals surface area contributed by atoms with Crippen LogP contribution in [0.15, 0.2) is 30.5 Å². The number of carbonyl (C=O) groups is 1. The van der Waals surface area contributed by atoms with Gasteiger partial charge in [0.05, 0.1) is 0 Å². The van der Waals surface area contributed by atoms with E-state index in [0.29, 0.717) is 18.3 Å². The summed E-state index contributed by atoms with van der Waals surface area (Å²) in [5, 5.41) is 7.23. The molecule has 3 rings (SSSR count). The van der Waals surface area contributed by atoms with Gasteiger partial charge in [0.1, 0.15) is 11.4 Å². The summed E-state index contributed by atoms with van der Waals surface area (Å²) < 4.78 is 7.43. The van der Waals surface area contributed by atoms with Crippen molar-refractivity contribution < 1.29 is 9.53 Å². The van der Waals surface area contributed by atoms with Crippen molar-refractivity contribution >= 4 is 5.91 Å². The van der Waals surface area contributed by atoms with Crippen LogP contribution in [0.3, 0.4) is 0 Å². The maximum Gasteiger partial charge on any atom is 0.271 e. The highest BCUT2D eigenvalue weighted by Crippen LogP contribution is 2.25. The molecule has 1 aromatic heterocycles. The molecule has 0 atom stereocenters. The van der Waals surface area contributed by atoms with Crippen LogP contribution in [0.4, 0.5) is 0 Å². The molecule has 1 amide bonds. The van der Waals surface area contributed by atoms with Gasteiger partial charge >= 0.3 is 0 Å². The first-order valence-corrected chi connectivity index (χ1v) is 8.13. The Morgan fingerprint density at radius 3 is 2.91 bits per heavy atom. The van der Waals surface area contributed by atoms with Gasteiger partial charge in [0.15, 0.2) is 6.73 Å². The zero-order valence-corrected chi connectivity index (χ0v) is 13.7. The number of aryl methyl sites for hydroxylation is 2. The average molecular weight is 313 g/mol. The zero-order chi connectivity index (χ0) is 16.2. The van der Waals surface area contributed by atoms with Crippen molar-refractivity contribution in [1.29, 1.82) is 0 Å². The fourth-order valence-electron chi connectivity index (χ4n) is 2.58. The zero-order valence-electron chi connectivity index (χ0n) is 13.7. The molecule has 5 nitrogen and oxygen atoms in total. The van der Waals surface area contributed by atoms with Crippen molar-refractivity contribution in [2.24, 2.45) is 5.92 Å². The van der Waals surface area contributed by atoms with Crippen LogP contribution < -0.4 is 10.1 Å². The van der Waals surface area contributed by atoms with E-state index in [-0.39, 0.29) is 5.91 Å². The lowest BCUT2D eigenvalue weighted by Gasteiger charge is -2.25. The fourth-order valence-corrected chi connectivity index (χ4v) is 2.58. The number of benzene rings is 1. The SMILES string of the molecule is Cc1ccc(C)c(OCn2ccc(C(=O)NCC3CCC3)n2)c1. The molecule has 122 valence electrons. The Hall–Kier alpha value is -2.30. The van der Waals surface area contributed by atoms with Gasteiger partial charge in [-0.1, -0.05) is 18.6 Å². The molecule has 1 fully saturated rings. The molecule has 0 radical (unpaired) electrons. The van der Waals surface area contributed by atoms with E-state index in [4.69, 9.17) is 4.74 Å². The second-order valence-corrected chi connectivity index (χ2v) is 6.29. The van der Waals surface area contributed by atoms with Crippen LogP contribution in [0.2, 0.25) is 0 Å². The van der Waals surface area contributed by atoms with Crippen molar-refractivity contribution in [3.05, 3.63) is 47.3 Å². The quantitative estimate of drug-likeness (QED) is 0.891.